The number of nitrogens with one attached hydrogen (secondary N) is 2. The van der Waals surface area contributed by atoms with Gasteiger partial charge in [0.25, 0.3) is 0 Å². The summed E-state index contributed by atoms with van der Waals surface area (Å²) in [5.41, 5.74) is 8.29. The van der Waals surface area contributed by atoms with E-state index < -0.39 is 0 Å². The van der Waals surface area contributed by atoms with E-state index in [-0.39, 0.29) is 12.1 Å². The molecular formula is C15H19N5O. The first-order chi connectivity index (χ1) is 10.0. The van der Waals surface area contributed by atoms with Gasteiger partial charge in [0.05, 0.1) is 12.2 Å². The third kappa shape index (κ3) is 4.54. The van der Waals surface area contributed by atoms with Crippen LogP contribution >= 0.6 is 0 Å². The number of anilines is 1. The molecule has 1 aromatic carbocycles. The van der Waals surface area contributed by atoms with E-state index in [1.807, 2.05) is 38.1 Å². The molecule has 0 bridgehead atoms. The third-order valence-electron chi connectivity index (χ3n) is 2.96. The Balaban J connectivity index is 1.87. The molecule has 0 radical (unpaired) electrons. The lowest BCUT2D eigenvalue weighted by Gasteiger charge is -2.09. The molecule has 0 spiro atoms. The number of nitrogens with zero attached hydrogens (tertiary/aromatic N) is 2. The Bertz CT molecular complexity index is 610. The number of rotatable bonds is 4. The van der Waals surface area contributed by atoms with E-state index in [1.54, 1.807) is 12.3 Å². The fourth-order valence-electron chi connectivity index (χ4n) is 1.82. The molecule has 6 heteroatoms. The summed E-state index contributed by atoms with van der Waals surface area (Å²) in [6.45, 7) is 4.08. The summed E-state index contributed by atoms with van der Waals surface area (Å²) in [6, 6.07) is 8.92. The molecule has 0 fully saturated rings. The predicted molar refractivity (Wildman–Crippen MR) is 81.7 cm³/mol. The molecule has 2 amide bonds. The van der Waals surface area contributed by atoms with Crippen molar-refractivity contribution < 1.29 is 4.79 Å². The van der Waals surface area contributed by atoms with Crippen molar-refractivity contribution in [2.75, 3.05) is 5.32 Å². The van der Waals surface area contributed by atoms with Gasteiger partial charge in [-0.3, -0.25) is 0 Å². The summed E-state index contributed by atoms with van der Waals surface area (Å²) in [5.74, 6) is 0.682. The Morgan fingerprint density at radius 3 is 2.62 bits per heavy atom. The monoisotopic (exact) mass is 285 g/mol. The van der Waals surface area contributed by atoms with Gasteiger partial charge in [0, 0.05) is 17.9 Å². The largest absolute Gasteiger partial charge is 0.332 e. The summed E-state index contributed by atoms with van der Waals surface area (Å²) in [4.78, 5) is 20.0. The van der Waals surface area contributed by atoms with Gasteiger partial charge in [-0.1, -0.05) is 12.1 Å². The molecule has 4 N–H and O–H groups in total. The van der Waals surface area contributed by atoms with Crippen molar-refractivity contribution in [3.8, 4) is 0 Å². The number of hydrogen-bond acceptors (Lipinski definition) is 4. The number of carbonyl (C=O) groups is 1. The van der Waals surface area contributed by atoms with Crippen molar-refractivity contribution in [2.24, 2.45) is 5.73 Å². The zero-order valence-corrected chi connectivity index (χ0v) is 12.1. The Morgan fingerprint density at radius 2 is 2.00 bits per heavy atom. The average Bonchev–Trinajstić information content (AvgIpc) is 2.46. The molecular weight excluding hydrogens is 266 g/mol. The lowest BCUT2D eigenvalue weighted by atomic mass is 10.1. The summed E-state index contributed by atoms with van der Waals surface area (Å²) >= 11 is 0. The van der Waals surface area contributed by atoms with Gasteiger partial charge in [-0.05, 0) is 37.6 Å². The van der Waals surface area contributed by atoms with Crippen LogP contribution in [0.4, 0.5) is 10.5 Å². The first-order valence-corrected chi connectivity index (χ1v) is 6.73. The molecule has 1 heterocycles. The van der Waals surface area contributed by atoms with Gasteiger partial charge in [0.2, 0.25) is 0 Å². The third-order valence-corrected chi connectivity index (χ3v) is 2.96. The maximum Gasteiger partial charge on any atom is 0.319 e. The lowest BCUT2D eigenvalue weighted by molar-refractivity contribution is 0.251. The second-order valence-electron chi connectivity index (χ2n) is 4.81. The van der Waals surface area contributed by atoms with E-state index >= 15 is 0 Å². The topological polar surface area (TPSA) is 92.9 Å². The molecule has 1 aromatic heterocycles. The van der Waals surface area contributed by atoms with Crippen molar-refractivity contribution in [1.82, 2.24) is 15.3 Å². The van der Waals surface area contributed by atoms with Crippen molar-refractivity contribution in [3.63, 3.8) is 0 Å². The minimum atomic E-state index is -0.278. The minimum Gasteiger partial charge on any atom is -0.332 e. The Kier molecular flexibility index (Phi) is 4.84. The zero-order valence-electron chi connectivity index (χ0n) is 12.1. The quantitative estimate of drug-likeness (QED) is 0.802. The van der Waals surface area contributed by atoms with Crippen LogP contribution in [0.3, 0.4) is 0 Å². The molecule has 2 rings (SSSR count). The van der Waals surface area contributed by atoms with E-state index in [9.17, 15) is 4.79 Å². The highest BCUT2D eigenvalue weighted by atomic mass is 16.2. The van der Waals surface area contributed by atoms with E-state index in [4.69, 9.17) is 5.73 Å². The van der Waals surface area contributed by atoms with Crippen LogP contribution in [0.5, 0.6) is 0 Å². The molecule has 1 unspecified atom stereocenters. The number of urea groups is 1. The van der Waals surface area contributed by atoms with Crippen molar-refractivity contribution in [1.29, 1.82) is 0 Å². The van der Waals surface area contributed by atoms with Gasteiger partial charge in [-0.15, -0.1) is 0 Å². The second kappa shape index (κ2) is 6.81. The Hall–Kier alpha value is -2.47. The maximum absolute atomic E-state index is 11.8. The Morgan fingerprint density at radius 1 is 1.29 bits per heavy atom. The average molecular weight is 285 g/mol. The first kappa shape index (κ1) is 14.9. The fourth-order valence-corrected chi connectivity index (χ4v) is 1.82. The highest BCUT2D eigenvalue weighted by Crippen LogP contribution is 2.13. The number of nitrogens with two attached hydrogens (primary N) is 1. The van der Waals surface area contributed by atoms with Crippen LogP contribution in [0.15, 0.2) is 36.5 Å². The molecule has 0 aliphatic heterocycles. The van der Waals surface area contributed by atoms with Crippen LogP contribution in [-0.4, -0.2) is 16.0 Å². The first-order valence-electron chi connectivity index (χ1n) is 6.73. The second-order valence-corrected chi connectivity index (χ2v) is 4.81. The van der Waals surface area contributed by atoms with E-state index in [0.29, 0.717) is 12.4 Å². The number of aryl methyl sites for hydroxylation is 1. The highest BCUT2D eigenvalue weighted by molar-refractivity contribution is 5.89. The van der Waals surface area contributed by atoms with Gasteiger partial charge in [0.1, 0.15) is 5.82 Å². The molecule has 110 valence electrons. The Labute approximate surface area is 123 Å². The SMILES string of the molecule is Cc1nccc(CNC(=O)Nc2ccc(C(C)N)cc2)n1. The molecule has 6 nitrogen and oxygen atoms in total. The molecule has 21 heavy (non-hydrogen) atoms. The number of benzene rings is 1. The van der Waals surface area contributed by atoms with Gasteiger partial charge < -0.3 is 16.4 Å². The number of carbonyl (C=O) groups excluding carboxylic acids is 1. The molecule has 0 saturated heterocycles. The van der Waals surface area contributed by atoms with Crippen LogP contribution in [-0.2, 0) is 6.54 Å². The fraction of sp³-hybridized carbons (Fsp3) is 0.267. The molecule has 2 aromatic rings. The molecule has 0 aliphatic rings. The van der Waals surface area contributed by atoms with Crippen LogP contribution < -0.4 is 16.4 Å². The van der Waals surface area contributed by atoms with Gasteiger partial charge in [0.15, 0.2) is 0 Å². The van der Waals surface area contributed by atoms with Crippen LogP contribution in [0.25, 0.3) is 0 Å². The minimum absolute atomic E-state index is 0.0196. The van der Waals surface area contributed by atoms with Crippen LogP contribution in [0.1, 0.15) is 30.0 Å². The summed E-state index contributed by atoms with van der Waals surface area (Å²) in [5, 5.41) is 5.51. The van der Waals surface area contributed by atoms with E-state index in [0.717, 1.165) is 16.9 Å². The van der Waals surface area contributed by atoms with Crippen molar-refractivity contribution in [3.05, 3.63) is 53.6 Å². The normalized spacial score (nSPS) is 11.8. The molecule has 0 saturated carbocycles. The molecule has 1 atom stereocenters. The molecule has 0 aliphatic carbocycles. The summed E-state index contributed by atoms with van der Waals surface area (Å²) in [7, 11) is 0. The highest BCUT2D eigenvalue weighted by Gasteiger charge is 2.04. The van der Waals surface area contributed by atoms with E-state index in [1.165, 1.54) is 0 Å². The van der Waals surface area contributed by atoms with E-state index in [2.05, 4.69) is 20.6 Å². The standard InChI is InChI=1S/C15H19N5O/c1-10(16)12-3-5-13(6-4-12)20-15(21)18-9-14-7-8-17-11(2)19-14/h3-8,10H,9,16H2,1-2H3,(H2,18,20,21). The summed E-state index contributed by atoms with van der Waals surface area (Å²) in [6.07, 6.45) is 1.67. The van der Waals surface area contributed by atoms with Crippen LogP contribution in [0.2, 0.25) is 0 Å². The predicted octanol–water partition coefficient (Wildman–Crippen LogP) is 2.13. The number of aromatic nitrogens is 2. The van der Waals surface area contributed by atoms with Crippen molar-refractivity contribution >= 4 is 11.7 Å². The lowest BCUT2D eigenvalue weighted by Crippen LogP contribution is -2.28. The smallest absolute Gasteiger partial charge is 0.319 e. The van der Waals surface area contributed by atoms with Crippen LogP contribution in [0, 0.1) is 6.92 Å². The van der Waals surface area contributed by atoms with Gasteiger partial charge in [-0.2, -0.15) is 0 Å². The zero-order chi connectivity index (χ0) is 15.2. The number of amides is 2. The van der Waals surface area contributed by atoms with Gasteiger partial charge in [-0.25, -0.2) is 14.8 Å². The summed E-state index contributed by atoms with van der Waals surface area (Å²) < 4.78 is 0. The van der Waals surface area contributed by atoms with Gasteiger partial charge >= 0.3 is 6.03 Å². The van der Waals surface area contributed by atoms with Crippen molar-refractivity contribution in [2.45, 2.75) is 26.4 Å². The maximum atomic E-state index is 11.8. The number of hydrogen-bond donors (Lipinski definition) is 3.